The van der Waals surface area contributed by atoms with Gasteiger partial charge < -0.3 is 20.7 Å². The van der Waals surface area contributed by atoms with E-state index in [1.54, 1.807) is 12.1 Å². The Hall–Kier alpha value is -3.17. The van der Waals surface area contributed by atoms with E-state index in [1.165, 1.54) is 6.26 Å². The topological polar surface area (TPSA) is 110 Å². The molecule has 1 aromatic heterocycles. The third-order valence-corrected chi connectivity index (χ3v) is 6.78. The van der Waals surface area contributed by atoms with Crippen LogP contribution >= 0.6 is 0 Å². The maximum Gasteiger partial charge on any atom is 0.222 e. The lowest BCUT2D eigenvalue weighted by Crippen LogP contribution is -2.37. The number of ether oxygens (including phenoxy) is 1. The number of nitrogens with zero attached hydrogens (tertiary/aromatic N) is 3. The van der Waals surface area contributed by atoms with Gasteiger partial charge >= 0.3 is 0 Å². The number of aryl methyl sites for hydroxylation is 1. The van der Waals surface area contributed by atoms with Crippen LogP contribution in [-0.4, -0.2) is 50.9 Å². The van der Waals surface area contributed by atoms with Crippen LogP contribution < -0.4 is 16.0 Å². The third kappa shape index (κ3) is 5.43. The molecule has 1 saturated heterocycles. The van der Waals surface area contributed by atoms with Crippen LogP contribution in [0.25, 0.3) is 11.1 Å². The molecule has 33 heavy (non-hydrogen) atoms. The van der Waals surface area contributed by atoms with Crippen LogP contribution in [-0.2, 0) is 27.5 Å². The van der Waals surface area contributed by atoms with Gasteiger partial charge in [-0.1, -0.05) is 31.2 Å². The van der Waals surface area contributed by atoms with Gasteiger partial charge in [0.05, 0.1) is 23.8 Å². The molecule has 0 radical (unpaired) electrons. The first-order valence-corrected chi connectivity index (χ1v) is 12.9. The summed E-state index contributed by atoms with van der Waals surface area (Å²) in [5, 5.41) is 3.39. The van der Waals surface area contributed by atoms with E-state index >= 15 is 0 Å². The van der Waals surface area contributed by atoms with Gasteiger partial charge in [0.1, 0.15) is 5.82 Å². The van der Waals surface area contributed by atoms with Crippen LogP contribution in [0.5, 0.6) is 0 Å². The summed E-state index contributed by atoms with van der Waals surface area (Å²) in [4.78, 5) is 11.6. The number of anilines is 3. The molecule has 0 saturated carbocycles. The van der Waals surface area contributed by atoms with E-state index in [-0.39, 0.29) is 5.95 Å². The van der Waals surface area contributed by atoms with Crippen molar-refractivity contribution in [2.45, 2.75) is 24.8 Å². The zero-order valence-corrected chi connectivity index (χ0v) is 19.7. The van der Waals surface area contributed by atoms with Gasteiger partial charge in [0.25, 0.3) is 0 Å². The molecule has 3 N–H and O–H groups in total. The predicted octanol–water partition coefficient (Wildman–Crippen LogP) is 3.14. The summed E-state index contributed by atoms with van der Waals surface area (Å²) in [6.07, 6.45) is 1.96. The number of sulfone groups is 1. The van der Waals surface area contributed by atoms with Crippen molar-refractivity contribution in [3.05, 3.63) is 59.8 Å². The maximum absolute atomic E-state index is 11.6. The van der Waals surface area contributed by atoms with Crippen molar-refractivity contribution in [1.29, 1.82) is 0 Å². The van der Waals surface area contributed by atoms with Crippen molar-refractivity contribution in [2.24, 2.45) is 0 Å². The molecule has 2 heterocycles. The summed E-state index contributed by atoms with van der Waals surface area (Å²) in [6, 6.07) is 15.1. The van der Waals surface area contributed by atoms with E-state index in [9.17, 15) is 8.42 Å². The Labute approximate surface area is 194 Å². The normalized spacial score (nSPS) is 14.3. The second-order valence-electron chi connectivity index (χ2n) is 8.03. The smallest absolute Gasteiger partial charge is 0.222 e. The standard InChI is InChI=1S/C24H29N5O3S/c1-3-21-22(23(28-24(25)27-21)29-12-14-32-15-13-29)18-6-8-19(9-7-18)26-16-17-4-10-20(11-5-17)33(2,30)31/h4-11,26H,3,12-16H2,1-2H3,(H2,25,27,28). The number of hydrogen-bond donors (Lipinski definition) is 2. The van der Waals surface area contributed by atoms with E-state index in [4.69, 9.17) is 10.5 Å². The SMILES string of the molecule is CCc1nc(N)nc(N2CCOCC2)c1-c1ccc(NCc2ccc(S(C)(=O)=O)cc2)cc1. The molecule has 0 bridgehead atoms. The minimum absolute atomic E-state index is 0.289. The second-order valence-corrected chi connectivity index (χ2v) is 10.0. The molecule has 0 amide bonds. The summed E-state index contributed by atoms with van der Waals surface area (Å²) >= 11 is 0. The molecule has 3 aromatic rings. The van der Waals surface area contributed by atoms with Crippen LogP contribution in [0.2, 0.25) is 0 Å². The fraction of sp³-hybridized carbons (Fsp3) is 0.333. The third-order valence-electron chi connectivity index (χ3n) is 5.65. The van der Waals surface area contributed by atoms with Gasteiger partial charge in [-0.05, 0) is 41.8 Å². The maximum atomic E-state index is 11.6. The number of benzene rings is 2. The molecule has 9 heteroatoms. The highest BCUT2D eigenvalue weighted by Gasteiger charge is 2.21. The van der Waals surface area contributed by atoms with Gasteiger partial charge in [0, 0.05) is 37.1 Å². The molecule has 0 unspecified atom stereocenters. The van der Waals surface area contributed by atoms with Crippen LogP contribution in [0, 0.1) is 0 Å². The number of aromatic nitrogens is 2. The number of nitrogens with one attached hydrogen (secondary N) is 1. The second kappa shape index (κ2) is 9.76. The van der Waals surface area contributed by atoms with Crippen molar-refractivity contribution in [3.63, 3.8) is 0 Å². The molecular formula is C24H29N5O3S. The number of morpholine rings is 1. The zero-order chi connectivity index (χ0) is 23.4. The first kappa shape index (κ1) is 23.0. The molecule has 0 atom stereocenters. The van der Waals surface area contributed by atoms with Crippen molar-refractivity contribution in [2.75, 3.05) is 48.5 Å². The molecule has 8 nitrogen and oxygen atoms in total. The summed E-state index contributed by atoms with van der Waals surface area (Å²) in [5.41, 5.74) is 11.0. The Balaban J connectivity index is 1.54. The highest BCUT2D eigenvalue weighted by Crippen LogP contribution is 2.34. The molecule has 1 fully saturated rings. The molecule has 0 aliphatic carbocycles. The highest BCUT2D eigenvalue weighted by atomic mass is 32.2. The van der Waals surface area contributed by atoms with Gasteiger partial charge in [-0.15, -0.1) is 0 Å². The van der Waals surface area contributed by atoms with Crippen LogP contribution in [0.3, 0.4) is 0 Å². The van der Waals surface area contributed by atoms with Crippen molar-refractivity contribution in [3.8, 4) is 11.1 Å². The molecule has 4 rings (SSSR count). The predicted molar refractivity (Wildman–Crippen MR) is 131 cm³/mol. The summed E-state index contributed by atoms with van der Waals surface area (Å²) in [5.74, 6) is 1.14. The van der Waals surface area contributed by atoms with Crippen molar-refractivity contribution >= 4 is 27.3 Å². The van der Waals surface area contributed by atoms with Crippen molar-refractivity contribution in [1.82, 2.24) is 9.97 Å². The summed E-state index contributed by atoms with van der Waals surface area (Å²) in [6.45, 7) is 5.53. The molecule has 174 valence electrons. The average molecular weight is 468 g/mol. The average Bonchev–Trinajstić information content (AvgIpc) is 2.83. The quantitative estimate of drug-likeness (QED) is 0.545. The lowest BCUT2D eigenvalue weighted by atomic mass is 10.0. The number of hydrogen-bond acceptors (Lipinski definition) is 8. The molecule has 1 aliphatic rings. The molecule has 0 spiro atoms. The Morgan fingerprint density at radius 2 is 1.70 bits per heavy atom. The fourth-order valence-electron chi connectivity index (χ4n) is 3.88. The minimum Gasteiger partial charge on any atom is -0.381 e. The van der Waals surface area contributed by atoms with E-state index in [2.05, 4.69) is 39.2 Å². The van der Waals surface area contributed by atoms with Crippen LogP contribution in [0.4, 0.5) is 17.5 Å². The highest BCUT2D eigenvalue weighted by molar-refractivity contribution is 7.90. The molecule has 1 aliphatic heterocycles. The zero-order valence-electron chi connectivity index (χ0n) is 18.9. The monoisotopic (exact) mass is 467 g/mol. The number of nitrogens with two attached hydrogens (primary N) is 1. The van der Waals surface area contributed by atoms with E-state index < -0.39 is 9.84 Å². The first-order valence-electron chi connectivity index (χ1n) is 11.0. The van der Waals surface area contributed by atoms with Gasteiger partial charge in [-0.3, -0.25) is 0 Å². The van der Waals surface area contributed by atoms with Gasteiger partial charge in [0.15, 0.2) is 9.84 Å². The van der Waals surface area contributed by atoms with Crippen LogP contribution in [0.1, 0.15) is 18.2 Å². The number of nitrogen functional groups attached to an aromatic ring is 1. The molecular weight excluding hydrogens is 438 g/mol. The lowest BCUT2D eigenvalue weighted by Gasteiger charge is -2.30. The fourth-order valence-corrected chi connectivity index (χ4v) is 4.51. The van der Waals surface area contributed by atoms with Gasteiger partial charge in [0.2, 0.25) is 5.95 Å². The Morgan fingerprint density at radius 1 is 1.03 bits per heavy atom. The Morgan fingerprint density at radius 3 is 2.30 bits per heavy atom. The van der Waals surface area contributed by atoms with E-state index in [0.29, 0.717) is 24.7 Å². The minimum atomic E-state index is -3.19. The first-order chi connectivity index (χ1) is 15.8. The van der Waals surface area contributed by atoms with Crippen LogP contribution in [0.15, 0.2) is 53.4 Å². The summed E-state index contributed by atoms with van der Waals surface area (Å²) in [7, 11) is -3.19. The Bertz CT molecular complexity index is 1210. The number of rotatable bonds is 7. The molecule has 2 aromatic carbocycles. The van der Waals surface area contributed by atoms with E-state index in [0.717, 1.165) is 53.4 Å². The van der Waals surface area contributed by atoms with Crippen molar-refractivity contribution < 1.29 is 13.2 Å². The summed E-state index contributed by atoms with van der Waals surface area (Å²) < 4.78 is 28.7. The Kier molecular flexibility index (Phi) is 6.80. The lowest BCUT2D eigenvalue weighted by molar-refractivity contribution is 0.122. The van der Waals surface area contributed by atoms with E-state index in [1.807, 2.05) is 24.3 Å². The van der Waals surface area contributed by atoms with Gasteiger partial charge in [-0.2, -0.15) is 4.98 Å². The largest absolute Gasteiger partial charge is 0.381 e. The van der Waals surface area contributed by atoms with Gasteiger partial charge in [-0.25, -0.2) is 13.4 Å².